The van der Waals surface area contributed by atoms with Crippen LogP contribution >= 0.6 is 0 Å². The third-order valence-corrected chi connectivity index (χ3v) is 9.28. The van der Waals surface area contributed by atoms with Crippen LogP contribution in [0.3, 0.4) is 0 Å². The van der Waals surface area contributed by atoms with E-state index in [4.69, 9.17) is 16.2 Å². The van der Waals surface area contributed by atoms with Gasteiger partial charge in [0.2, 0.25) is 11.7 Å². The fraction of sp³-hybridized carbons (Fsp3) is 0.630. The van der Waals surface area contributed by atoms with Gasteiger partial charge < -0.3 is 47.3 Å². The van der Waals surface area contributed by atoms with Crippen LogP contribution in [0.1, 0.15) is 61.9 Å². The summed E-state index contributed by atoms with van der Waals surface area (Å²) in [5.74, 6) is -2.67. The molecule has 1 aromatic rings. The molecule has 1 unspecified atom stereocenters. The number of hydrogen-bond acceptors (Lipinski definition) is 11. The largest absolute Gasteiger partial charge is 0.492 e. The van der Waals surface area contributed by atoms with E-state index in [-0.39, 0.29) is 42.2 Å². The van der Waals surface area contributed by atoms with E-state index in [0.29, 0.717) is 17.9 Å². The van der Waals surface area contributed by atoms with E-state index in [2.05, 4.69) is 39.8 Å². The van der Waals surface area contributed by atoms with Crippen molar-refractivity contribution in [1.82, 2.24) is 20.9 Å². The van der Waals surface area contributed by atoms with Crippen molar-refractivity contribution in [3.63, 3.8) is 0 Å². The maximum Gasteiger partial charge on any atom is 0.255 e. The highest BCUT2D eigenvalue weighted by Gasteiger charge is 2.73. The van der Waals surface area contributed by atoms with Crippen LogP contribution in [0, 0.1) is 5.92 Å². The summed E-state index contributed by atoms with van der Waals surface area (Å²) >= 11 is 0. The average Bonchev–Trinajstić information content (AvgIpc) is 3.61. The van der Waals surface area contributed by atoms with Crippen molar-refractivity contribution < 1.29 is 24.5 Å². The number of nitrogens with two attached hydrogens (primary N) is 2. The molecule has 2 fully saturated rings. The van der Waals surface area contributed by atoms with Crippen LogP contribution < -0.4 is 32.2 Å². The molecule has 5 aliphatic rings. The molecule has 13 nitrogen and oxygen atoms in total. The zero-order chi connectivity index (χ0) is 28.4. The zero-order valence-corrected chi connectivity index (χ0v) is 22.8. The van der Waals surface area contributed by atoms with E-state index in [9.17, 15) is 19.8 Å². The summed E-state index contributed by atoms with van der Waals surface area (Å²) in [6, 6.07) is 2.60. The zero-order valence-electron chi connectivity index (χ0n) is 22.8. The molecule has 1 spiro atoms. The number of carbonyl (C=O) groups is 2. The monoisotopic (exact) mass is 554 g/mol. The quantitative estimate of drug-likeness (QED) is 0.219. The molecule has 1 saturated heterocycles. The van der Waals surface area contributed by atoms with Crippen LogP contribution in [0.25, 0.3) is 0 Å². The highest BCUT2D eigenvalue weighted by molar-refractivity contribution is 5.98. The Morgan fingerprint density at radius 2 is 1.95 bits per heavy atom. The molecule has 0 radical (unpaired) electrons. The summed E-state index contributed by atoms with van der Waals surface area (Å²) in [5, 5.41) is 32.1. The first kappa shape index (κ1) is 26.6. The molecule has 4 heterocycles. The van der Waals surface area contributed by atoms with Crippen LogP contribution in [0.5, 0.6) is 5.75 Å². The molecule has 0 aromatic heterocycles. The molecular formula is C27H38N8O5. The molecule has 1 aliphatic carbocycles. The van der Waals surface area contributed by atoms with Gasteiger partial charge in [0.25, 0.3) is 5.91 Å². The van der Waals surface area contributed by atoms with Gasteiger partial charge in [0.15, 0.2) is 17.6 Å². The minimum atomic E-state index is -2.57. The van der Waals surface area contributed by atoms with Gasteiger partial charge in [0.1, 0.15) is 17.8 Å². The molecule has 40 heavy (non-hydrogen) atoms. The van der Waals surface area contributed by atoms with Crippen LogP contribution in [-0.2, 0) is 10.2 Å². The van der Waals surface area contributed by atoms with Gasteiger partial charge in [-0.05, 0) is 30.7 Å². The first-order valence-electron chi connectivity index (χ1n) is 14.0. The standard InChI is InChI=1S/C27H38N8O5/c1-25(2)10-11-40-19-15(8-5-9-16(19)25)22(37)32-18-13-35-24(29)31-17(12-30-21(36)14-6-3-4-7-14)20-26(35,27(18,38)39)34-23(28)33-20/h5,8-9,14,17-18,20,38-39H,3-4,6-7,10-13H2,1-2H3,(H2,29,31)(H,30,36)(H,32,37)(H3,28,33,34)/t17-,18?,20-,26-/m0/s1. The van der Waals surface area contributed by atoms with Crippen molar-refractivity contribution in [2.24, 2.45) is 27.4 Å². The summed E-state index contributed by atoms with van der Waals surface area (Å²) in [4.78, 5) is 36.8. The number of guanidine groups is 2. The molecule has 0 bridgehead atoms. The first-order chi connectivity index (χ1) is 19.0. The molecule has 4 aliphatic heterocycles. The van der Waals surface area contributed by atoms with Crippen molar-refractivity contribution >= 4 is 23.7 Å². The maximum atomic E-state index is 13.6. The molecule has 2 amide bonds. The van der Waals surface area contributed by atoms with Gasteiger partial charge in [0.05, 0.1) is 18.2 Å². The van der Waals surface area contributed by atoms with Gasteiger partial charge in [-0.1, -0.05) is 38.8 Å². The van der Waals surface area contributed by atoms with Gasteiger partial charge in [-0.15, -0.1) is 0 Å². The number of hydrogen-bond donors (Lipinski definition) is 7. The second kappa shape index (κ2) is 9.23. The smallest absolute Gasteiger partial charge is 0.255 e. The van der Waals surface area contributed by atoms with Crippen molar-refractivity contribution in [2.45, 2.75) is 80.9 Å². The summed E-state index contributed by atoms with van der Waals surface area (Å²) in [7, 11) is 0. The van der Waals surface area contributed by atoms with E-state index in [1.165, 1.54) is 4.90 Å². The van der Waals surface area contributed by atoms with Gasteiger partial charge in [-0.3, -0.25) is 9.59 Å². The number of amides is 2. The number of carbonyl (C=O) groups excluding carboxylic acids is 2. The van der Waals surface area contributed by atoms with Crippen LogP contribution in [0.15, 0.2) is 28.2 Å². The van der Waals surface area contributed by atoms with Crippen LogP contribution in [0.2, 0.25) is 0 Å². The number of rotatable bonds is 5. The number of fused-ring (bicyclic) bond motifs is 1. The third-order valence-electron chi connectivity index (χ3n) is 9.28. The highest BCUT2D eigenvalue weighted by Crippen LogP contribution is 2.45. The van der Waals surface area contributed by atoms with E-state index in [0.717, 1.165) is 37.7 Å². The lowest BCUT2D eigenvalue weighted by molar-refractivity contribution is -0.230. The molecule has 216 valence electrons. The lowest BCUT2D eigenvalue weighted by Gasteiger charge is -2.49. The second-order valence-electron chi connectivity index (χ2n) is 12.2. The molecule has 1 aromatic carbocycles. The minimum Gasteiger partial charge on any atom is -0.492 e. The number of ether oxygens (including phenoxy) is 1. The van der Waals surface area contributed by atoms with Crippen LogP contribution in [-0.4, -0.2) is 88.1 Å². The number of aliphatic hydroxyl groups is 2. The topological polar surface area (TPSA) is 200 Å². The van der Waals surface area contributed by atoms with Crippen molar-refractivity contribution in [2.75, 3.05) is 19.7 Å². The molecule has 4 atom stereocenters. The number of nitrogens with zero attached hydrogens (tertiary/aromatic N) is 3. The van der Waals surface area contributed by atoms with Gasteiger partial charge in [-0.25, -0.2) is 9.98 Å². The summed E-state index contributed by atoms with van der Waals surface area (Å²) < 4.78 is 5.90. The first-order valence-corrected chi connectivity index (χ1v) is 14.0. The molecule has 9 N–H and O–H groups in total. The fourth-order valence-electron chi connectivity index (χ4n) is 6.97. The van der Waals surface area contributed by atoms with E-state index in [1.807, 2.05) is 6.07 Å². The molecule has 6 rings (SSSR count). The van der Waals surface area contributed by atoms with E-state index in [1.54, 1.807) is 12.1 Å². The maximum absolute atomic E-state index is 13.6. The van der Waals surface area contributed by atoms with Crippen molar-refractivity contribution in [1.29, 1.82) is 0 Å². The van der Waals surface area contributed by atoms with Gasteiger partial charge in [-0.2, -0.15) is 0 Å². The number of para-hydroxylation sites is 1. The van der Waals surface area contributed by atoms with Gasteiger partial charge >= 0.3 is 0 Å². The Labute approximate surface area is 232 Å². The van der Waals surface area contributed by atoms with Crippen LogP contribution in [0.4, 0.5) is 0 Å². The Hall–Kier alpha value is -3.58. The molecule has 1 saturated carbocycles. The van der Waals surface area contributed by atoms with Crippen molar-refractivity contribution in [3.8, 4) is 5.75 Å². The fourth-order valence-corrected chi connectivity index (χ4v) is 6.97. The van der Waals surface area contributed by atoms with E-state index >= 15 is 0 Å². The predicted octanol–water partition coefficient (Wildman–Crippen LogP) is -1.17. The summed E-state index contributed by atoms with van der Waals surface area (Å²) in [6.07, 6.45) is 4.56. The summed E-state index contributed by atoms with van der Waals surface area (Å²) in [6.45, 7) is 4.71. The SMILES string of the molecule is CC1(C)CCOc2c(C(=O)NC3CN4C(N)=N[C@@H](CNC(=O)C5CCCC5)[C@@H]5N=C(N)N[C@@]54C3(O)O)cccc21. The Balaban J connectivity index is 1.26. The predicted molar refractivity (Wildman–Crippen MR) is 146 cm³/mol. The Kier molecular flexibility index (Phi) is 6.15. The summed E-state index contributed by atoms with van der Waals surface area (Å²) in [5.41, 5.74) is 11.8. The number of benzene rings is 1. The highest BCUT2D eigenvalue weighted by atomic mass is 16.5. The lowest BCUT2D eigenvalue weighted by Crippen LogP contribution is -2.78. The van der Waals surface area contributed by atoms with Crippen molar-refractivity contribution in [3.05, 3.63) is 29.3 Å². The number of nitrogens with one attached hydrogen (secondary N) is 3. The van der Waals surface area contributed by atoms with E-state index < -0.39 is 35.5 Å². The minimum absolute atomic E-state index is 0.0146. The number of aliphatic imine (C=N–C) groups is 2. The average molecular weight is 555 g/mol. The molecular weight excluding hydrogens is 516 g/mol. The van der Waals surface area contributed by atoms with Gasteiger partial charge in [0, 0.05) is 24.6 Å². The third kappa shape index (κ3) is 3.89. The normalized spacial score (nSPS) is 31.6. The Bertz CT molecular complexity index is 1290. The lowest BCUT2D eigenvalue weighted by atomic mass is 9.79. The Morgan fingerprint density at radius 1 is 1.20 bits per heavy atom. The Morgan fingerprint density at radius 3 is 2.70 bits per heavy atom. The second-order valence-corrected chi connectivity index (χ2v) is 12.2. The molecule has 13 heteroatoms.